The molecule has 0 aliphatic carbocycles. The Labute approximate surface area is 195 Å². The van der Waals surface area contributed by atoms with Gasteiger partial charge in [0, 0.05) is 50.1 Å². The number of halogens is 1. The first kappa shape index (κ1) is 24.1. The molecule has 0 aromatic carbocycles. The molecule has 8 heteroatoms. The predicted octanol–water partition coefficient (Wildman–Crippen LogP) is 4.06. The van der Waals surface area contributed by atoms with Crippen LogP contribution in [0.25, 0.3) is 0 Å². The van der Waals surface area contributed by atoms with Gasteiger partial charge in [-0.15, -0.1) is 35.3 Å². The third-order valence-electron chi connectivity index (χ3n) is 5.38. The Morgan fingerprint density at radius 2 is 2.21 bits per heavy atom. The number of aryl methyl sites for hydroxylation is 2. The summed E-state index contributed by atoms with van der Waals surface area (Å²) in [6, 6.07) is 4.38. The molecule has 1 saturated heterocycles. The minimum Gasteiger partial charge on any atom is -0.361 e. The van der Waals surface area contributed by atoms with E-state index < -0.39 is 0 Å². The van der Waals surface area contributed by atoms with E-state index in [1.807, 2.05) is 18.4 Å². The lowest BCUT2D eigenvalue weighted by Gasteiger charge is -2.32. The van der Waals surface area contributed by atoms with Crippen molar-refractivity contribution in [3.8, 4) is 0 Å². The fourth-order valence-corrected chi connectivity index (χ4v) is 4.60. The molecule has 3 rings (SSSR count). The third kappa shape index (κ3) is 6.96. The van der Waals surface area contributed by atoms with E-state index in [-0.39, 0.29) is 24.0 Å². The molecule has 6 nitrogen and oxygen atoms in total. The molecule has 162 valence electrons. The molecule has 1 unspecified atom stereocenters. The summed E-state index contributed by atoms with van der Waals surface area (Å²) in [5.41, 5.74) is 2.21. The first-order valence-corrected chi connectivity index (χ1v) is 11.3. The van der Waals surface area contributed by atoms with Crippen molar-refractivity contribution in [3.05, 3.63) is 39.4 Å². The highest BCUT2D eigenvalue weighted by Gasteiger charge is 2.20. The number of nitrogens with zero attached hydrogens (tertiary/aromatic N) is 3. The molecule has 2 aromatic heterocycles. The van der Waals surface area contributed by atoms with Crippen molar-refractivity contribution in [2.24, 2.45) is 10.9 Å². The lowest BCUT2D eigenvalue weighted by Crippen LogP contribution is -2.44. The summed E-state index contributed by atoms with van der Waals surface area (Å²) in [6.45, 7) is 9.28. The smallest absolute Gasteiger partial charge is 0.191 e. The monoisotopic (exact) mass is 531 g/mol. The van der Waals surface area contributed by atoms with Gasteiger partial charge in [-0.25, -0.2) is 0 Å². The van der Waals surface area contributed by atoms with Crippen LogP contribution in [-0.4, -0.2) is 42.7 Å². The molecule has 0 bridgehead atoms. The first-order valence-electron chi connectivity index (χ1n) is 10.4. The quantitative estimate of drug-likeness (QED) is 0.306. The molecule has 29 heavy (non-hydrogen) atoms. The van der Waals surface area contributed by atoms with Gasteiger partial charge in [0.15, 0.2) is 5.96 Å². The summed E-state index contributed by atoms with van der Waals surface area (Å²) in [6.07, 6.45) is 4.29. The molecular weight excluding hydrogens is 497 g/mol. The molecule has 1 aliphatic rings. The summed E-state index contributed by atoms with van der Waals surface area (Å²) in [5, 5.41) is 13.3. The van der Waals surface area contributed by atoms with E-state index in [0.717, 1.165) is 49.9 Å². The Bertz CT molecular complexity index is 725. The highest BCUT2D eigenvalue weighted by molar-refractivity contribution is 14.0. The average molecular weight is 532 g/mol. The lowest BCUT2D eigenvalue weighted by molar-refractivity contribution is 0.169. The summed E-state index contributed by atoms with van der Waals surface area (Å²) < 4.78 is 5.46. The highest BCUT2D eigenvalue weighted by atomic mass is 127. The molecule has 1 atom stereocenters. The van der Waals surface area contributed by atoms with Crippen molar-refractivity contribution in [3.63, 3.8) is 0 Å². The fraction of sp³-hybridized carbons (Fsp3) is 0.619. The summed E-state index contributed by atoms with van der Waals surface area (Å²) in [5.74, 6) is 2.47. The molecular formula is C21H34IN5OS. The van der Waals surface area contributed by atoms with Crippen molar-refractivity contribution < 1.29 is 4.52 Å². The van der Waals surface area contributed by atoms with Gasteiger partial charge in [-0.3, -0.25) is 9.89 Å². The minimum atomic E-state index is 0. The summed E-state index contributed by atoms with van der Waals surface area (Å²) in [7, 11) is 1.83. The van der Waals surface area contributed by atoms with Crippen LogP contribution in [-0.2, 0) is 25.9 Å². The van der Waals surface area contributed by atoms with E-state index in [0.29, 0.717) is 12.5 Å². The summed E-state index contributed by atoms with van der Waals surface area (Å²) >= 11 is 1.85. The molecule has 0 saturated carbocycles. The third-order valence-corrected chi connectivity index (χ3v) is 6.25. The standard InChI is InChI=1S/C21H33N5OS.HI/c1-4-19-18(20(5-2)27-25-19)13-24-21(22-3)23-12-16-8-6-10-26(14-16)15-17-9-7-11-28-17;/h7,9,11,16H,4-6,8,10,12-15H2,1-3H3,(H2,22,23,24);1H. The second kappa shape index (κ2) is 12.5. The maximum Gasteiger partial charge on any atom is 0.191 e. The maximum atomic E-state index is 5.46. The van der Waals surface area contributed by atoms with E-state index in [1.165, 1.54) is 29.8 Å². The zero-order valence-electron chi connectivity index (χ0n) is 17.7. The van der Waals surface area contributed by atoms with Gasteiger partial charge in [0.25, 0.3) is 0 Å². The van der Waals surface area contributed by atoms with Crippen LogP contribution < -0.4 is 10.6 Å². The number of nitrogens with one attached hydrogen (secondary N) is 2. The Morgan fingerprint density at radius 3 is 2.90 bits per heavy atom. The van der Waals surface area contributed by atoms with Gasteiger partial charge >= 0.3 is 0 Å². The zero-order chi connectivity index (χ0) is 19.8. The second-order valence-corrected chi connectivity index (χ2v) is 8.40. The molecule has 0 radical (unpaired) electrons. The van der Waals surface area contributed by atoms with Crippen molar-refractivity contribution in [2.45, 2.75) is 52.6 Å². The number of thiophene rings is 1. The Kier molecular flexibility index (Phi) is 10.4. The van der Waals surface area contributed by atoms with Crippen molar-refractivity contribution >= 4 is 41.3 Å². The van der Waals surface area contributed by atoms with E-state index >= 15 is 0 Å². The van der Waals surface area contributed by atoms with Crippen LogP contribution >= 0.6 is 35.3 Å². The molecule has 0 amide bonds. The molecule has 3 heterocycles. The SMILES string of the molecule is CCc1noc(CC)c1CNC(=NC)NCC1CCCN(Cc2cccs2)C1.I. The number of aliphatic imine (C=N–C) groups is 1. The molecule has 2 N–H and O–H groups in total. The van der Waals surface area contributed by atoms with Crippen LogP contribution in [0.2, 0.25) is 0 Å². The van der Waals surface area contributed by atoms with Gasteiger partial charge in [-0.05, 0) is 43.2 Å². The molecule has 1 aliphatic heterocycles. The predicted molar refractivity (Wildman–Crippen MR) is 131 cm³/mol. The van der Waals surface area contributed by atoms with Crippen LogP contribution in [0.4, 0.5) is 0 Å². The van der Waals surface area contributed by atoms with Gasteiger partial charge in [0.2, 0.25) is 0 Å². The van der Waals surface area contributed by atoms with Gasteiger partial charge in [0.05, 0.1) is 5.69 Å². The Hall–Kier alpha value is -1.13. The van der Waals surface area contributed by atoms with Gasteiger partial charge in [0.1, 0.15) is 5.76 Å². The van der Waals surface area contributed by atoms with Gasteiger partial charge in [-0.2, -0.15) is 0 Å². The van der Waals surface area contributed by atoms with Crippen molar-refractivity contribution in [1.82, 2.24) is 20.7 Å². The fourth-order valence-electron chi connectivity index (χ4n) is 3.86. The van der Waals surface area contributed by atoms with Gasteiger partial charge in [-0.1, -0.05) is 25.1 Å². The largest absolute Gasteiger partial charge is 0.361 e. The van der Waals surface area contributed by atoms with Crippen LogP contribution in [0.3, 0.4) is 0 Å². The van der Waals surface area contributed by atoms with E-state index in [9.17, 15) is 0 Å². The van der Waals surface area contributed by atoms with E-state index in [1.54, 1.807) is 0 Å². The highest BCUT2D eigenvalue weighted by Crippen LogP contribution is 2.20. The number of likely N-dealkylation sites (tertiary alicyclic amines) is 1. The molecule has 0 spiro atoms. The molecule has 2 aromatic rings. The Morgan fingerprint density at radius 1 is 1.34 bits per heavy atom. The van der Waals surface area contributed by atoms with Crippen LogP contribution in [0.1, 0.15) is 48.6 Å². The van der Waals surface area contributed by atoms with Crippen molar-refractivity contribution in [1.29, 1.82) is 0 Å². The van der Waals surface area contributed by atoms with Crippen LogP contribution in [0, 0.1) is 5.92 Å². The van der Waals surface area contributed by atoms with Crippen LogP contribution in [0.5, 0.6) is 0 Å². The first-order chi connectivity index (χ1) is 13.7. The Balaban J connectivity index is 0.00000300. The minimum absolute atomic E-state index is 0. The van der Waals surface area contributed by atoms with E-state index in [4.69, 9.17) is 4.52 Å². The normalized spacial score (nSPS) is 17.8. The van der Waals surface area contributed by atoms with Gasteiger partial charge < -0.3 is 15.2 Å². The zero-order valence-corrected chi connectivity index (χ0v) is 20.9. The topological polar surface area (TPSA) is 65.7 Å². The number of piperidine rings is 1. The lowest BCUT2D eigenvalue weighted by atomic mass is 9.98. The van der Waals surface area contributed by atoms with E-state index in [2.05, 4.69) is 57.0 Å². The van der Waals surface area contributed by atoms with Crippen molar-refractivity contribution in [2.75, 3.05) is 26.7 Å². The number of rotatable bonds is 8. The average Bonchev–Trinajstić information content (AvgIpc) is 3.37. The maximum absolute atomic E-state index is 5.46. The molecule has 1 fully saturated rings. The summed E-state index contributed by atoms with van der Waals surface area (Å²) in [4.78, 5) is 8.43. The van der Waals surface area contributed by atoms with Crippen LogP contribution in [0.15, 0.2) is 27.0 Å². The number of aromatic nitrogens is 1. The number of hydrogen-bond donors (Lipinski definition) is 2. The number of hydrogen-bond acceptors (Lipinski definition) is 5. The number of guanidine groups is 1. The second-order valence-electron chi connectivity index (χ2n) is 7.37.